The van der Waals surface area contributed by atoms with Crippen molar-refractivity contribution in [1.82, 2.24) is 20.4 Å². The molecule has 2 aromatic heterocycles. The molecule has 0 spiro atoms. The average molecular weight is 363 g/mol. The van der Waals surface area contributed by atoms with Crippen LogP contribution in [0.25, 0.3) is 0 Å². The zero-order valence-corrected chi connectivity index (χ0v) is 13.0. The number of halogens is 1. The first-order valence-electron chi connectivity index (χ1n) is 6.12. The van der Waals surface area contributed by atoms with E-state index in [9.17, 15) is 9.59 Å². The minimum absolute atomic E-state index is 0. The summed E-state index contributed by atoms with van der Waals surface area (Å²) in [5.74, 6) is -2.19. The van der Waals surface area contributed by atoms with Crippen LogP contribution in [0, 0.1) is 0 Å². The number of hydrogen-bond donors (Lipinski definition) is 4. The van der Waals surface area contributed by atoms with Gasteiger partial charge in [0.1, 0.15) is 0 Å². The van der Waals surface area contributed by atoms with Gasteiger partial charge in [0.2, 0.25) is 0 Å². The largest absolute Gasteiger partial charge is 0.476 e. The minimum atomic E-state index is -1.15. The Morgan fingerprint density at radius 2 is 1.75 bits per heavy atom. The second-order valence-corrected chi connectivity index (χ2v) is 4.50. The topological polar surface area (TPSA) is 150 Å². The van der Waals surface area contributed by atoms with Gasteiger partial charge in [-0.25, -0.2) is 9.59 Å². The van der Waals surface area contributed by atoms with Gasteiger partial charge in [-0.05, 0) is 6.07 Å². The maximum atomic E-state index is 10.4. The standard InChI is InChI=1S/C6H7ClN2O3.C6H8N2O3.CH4/c1-12-2-3-4(7)5(6(10)11)9-8-3;1-11-3-4-2-5(6(9)10)8-7-4;/h2H2,1H3,(H,8,9)(H,10,11);2H,3H2,1H3,(H,7,8)(H,9,10);1H4. The average Bonchev–Trinajstić information content (AvgIpc) is 3.09. The number of rotatable bonds is 6. The number of aromatic amines is 2. The molecule has 0 aromatic carbocycles. The summed E-state index contributed by atoms with van der Waals surface area (Å²) in [4.78, 5) is 20.7. The van der Waals surface area contributed by atoms with Gasteiger partial charge in [0.15, 0.2) is 11.4 Å². The third kappa shape index (κ3) is 5.99. The van der Waals surface area contributed by atoms with Gasteiger partial charge in [-0.3, -0.25) is 10.2 Å². The van der Waals surface area contributed by atoms with Gasteiger partial charge >= 0.3 is 11.9 Å². The molecule has 0 fully saturated rings. The Hall–Kier alpha value is -2.43. The molecule has 0 aliphatic carbocycles. The third-order valence-corrected chi connectivity index (χ3v) is 2.82. The summed E-state index contributed by atoms with van der Waals surface area (Å²) in [6.07, 6.45) is 0. The van der Waals surface area contributed by atoms with Crippen LogP contribution in [-0.4, -0.2) is 56.8 Å². The van der Waals surface area contributed by atoms with E-state index in [2.05, 4.69) is 20.4 Å². The number of nitrogens with zero attached hydrogens (tertiary/aromatic N) is 2. The van der Waals surface area contributed by atoms with Crippen LogP contribution in [0.5, 0.6) is 0 Å². The van der Waals surface area contributed by atoms with Gasteiger partial charge in [-0.2, -0.15) is 10.2 Å². The summed E-state index contributed by atoms with van der Waals surface area (Å²) >= 11 is 5.64. The summed E-state index contributed by atoms with van der Waals surface area (Å²) in [5.41, 5.74) is 0.960. The van der Waals surface area contributed by atoms with Gasteiger partial charge in [0.25, 0.3) is 0 Å². The highest BCUT2D eigenvalue weighted by molar-refractivity contribution is 6.33. The van der Waals surface area contributed by atoms with Crippen molar-refractivity contribution in [1.29, 1.82) is 0 Å². The molecule has 0 aliphatic rings. The number of nitrogens with one attached hydrogen (secondary N) is 2. The van der Waals surface area contributed by atoms with E-state index in [4.69, 9.17) is 31.3 Å². The number of H-pyrrole nitrogens is 2. The van der Waals surface area contributed by atoms with Crippen molar-refractivity contribution in [3.8, 4) is 0 Å². The number of aromatic carboxylic acids is 2. The monoisotopic (exact) mass is 362 g/mol. The fraction of sp³-hybridized carbons (Fsp3) is 0.385. The Labute approximate surface area is 142 Å². The SMILES string of the molecule is C.COCc1[nH]nc(C(=O)O)c1Cl.COCc1cc(C(=O)O)n[nH]1. The normalized spacial score (nSPS) is 9.62. The molecule has 0 aliphatic heterocycles. The van der Waals surface area contributed by atoms with Crippen LogP contribution in [0.2, 0.25) is 5.02 Å². The summed E-state index contributed by atoms with van der Waals surface area (Å²) < 4.78 is 9.51. The predicted octanol–water partition coefficient (Wildman–Crippen LogP) is 1.80. The maximum Gasteiger partial charge on any atom is 0.357 e. The first-order valence-corrected chi connectivity index (χ1v) is 6.50. The molecule has 0 radical (unpaired) electrons. The Morgan fingerprint density at radius 3 is 2.17 bits per heavy atom. The summed E-state index contributed by atoms with van der Waals surface area (Å²) in [5, 5.41) is 29.1. The quantitative estimate of drug-likeness (QED) is 0.607. The summed E-state index contributed by atoms with van der Waals surface area (Å²) in [7, 11) is 3.01. The zero-order valence-electron chi connectivity index (χ0n) is 12.3. The number of carboxylic acids is 2. The van der Waals surface area contributed by atoms with Crippen molar-refractivity contribution in [3.63, 3.8) is 0 Å². The van der Waals surface area contributed by atoms with Crippen molar-refractivity contribution in [2.24, 2.45) is 0 Å². The molecule has 2 rings (SSSR count). The molecule has 0 unspecified atom stereocenters. The lowest BCUT2D eigenvalue weighted by Gasteiger charge is -1.93. The maximum absolute atomic E-state index is 10.4. The molecule has 4 N–H and O–H groups in total. The number of ether oxygens (including phenoxy) is 2. The molecule has 0 saturated heterocycles. The molecule has 134 valence electrons. The molecular formula is C13H19ClN4O6. The van der Waals surface area contributed by atoms with E-state index >= 15 is 0 Å². The van der Waals surface area contributed by atoms with Crippen molar-refractivity contribution < 1.29 is 29.3 Å². The predicted molar refractivity (Wildman–Crippen MR) is 84.3 cm³/mol. The van der Waals surface area contributed by atoms with E-state index in [1.807, 2.05) is 0 Å². The third-order valence-electron chi connectivity index (χ3n) is 2.42. The fourth-order valence-electron chi connectivity index (χ4n) is 1.45. The lowest BCUT2D eigenvalue weighted by atomic mass is 10.3. The molecule has 2 aromatic rings. The van der Waals surface area contributed by atoms with Gasteiger partial charge in [-0.1, -0.05) is 19.0 Å². The highest BCUT2D eigenvalue weighted by Gasteiger charge is 2.16. The smallest absolute Gasteiger partial charge is 0.357 e. The molecular weight excluding hydrogens is 344 g/mol. The van der Waals surface area contributed by atoms with E-state index in [-0.39, 0.29) is 30.4 Å². The molecule has 0 amide bonds. The second kappa shape index (κ2) is 10.4. The second-order valence-electron chi connectivity index (χ2n) is 4.12. The molecule has 0 saturated carbocycles. The number of methoxy groups -OCH3 is 2. The van der Waals surface area contributed by atoms with E-state index in [1.165, 1.54) is 20.3 Å². The first kappa shape index (κ1) is 21.6. The van der Waals surface area contributed by atoms with Crippen LogP contribution in [0.3, 0.4) is 0 Å². The first-order chi connectivity index (χ1) is 10.9. The highest BCUT2D eigenvalue weighted by Crippen LogP contribution is 2.18. The summed E-state index contributed by atoms with van der Waals surface area (Å²) in [6, 6.07) is 1.44. The minimum Gasteiger partial charge on any atom is -0.476 e. The van der Waals surface area contributed by atoms with Gasteiger partial charge in [0, 0.05) is 14.2 Å². The zero-order chi connectivity index (χ0) is 17.4. The molecule has 24 heavy (non-hydrogen) atoms. The molecule has 0 bridgehead atoms. The van der Waals surface area contributed by atoms with Crippen molar-refractivity contribution in [3.05, 3.63) is 33.9 Å². The number of carbonyl (C=O) groups is 2. The van der Waals surface area contributed by atoms with E-state index in [0.717, 1.165) is 0 Å². The van der Waals surface area contributed by atoms with Gasteiger partial charge < -0.3 is 19.7 Å². The molecule has 0 atom stereocenters. The lowest BCUT2D eigenvalue weighted by Crippen LogP contribution is -1.97. The van der Waals surface area contributed by atoms with Gasteiger partial charge in [0.05, 0.1) is 29.6 Å². The van der Waals surface area contributed by atoms with Gasteiger partial charge in [-0.15, -0.1) is 0 Å². The summed E-state index contributed by atoms with van der Waals surface area (Å²) in [6.45, 7) is 0.569. The Kier molecular flexibility index (Phi) is 9.31. The van der Waals surface area contributed by atoms with Crippen LogP contribution < -0.4 is 0 Å². The lowest BCUT2D eigenvalue weighted by molar-refractivity contribution is 0.0679. The van der Waals surface area contributed by atoms with Crippen molar-refractivity contribution in [2.45, 2.75) is 20.6 Å². The van der Waals surface area contributed by atoms with Crippen LogP contribution in [-0.2, 0) is 22.7 Å². The van der Waals surface area contributed by atoms with Crippen LogP contribution in [0.15, 0.2) is 6.07 Å². The molecule has 2 heterocycles. The van der Waals surface area contributed by atoms with Crippen LogP contribution in [0.1, 0.15) is 39.8 Å². The van der Waals surface area contributed by atoms with E-state index in [0.29, 0.717) is 18.0 Å². The highest BCUT2D eigenvalue weighted by atomic mass is 35.5. The van der Waals surface area contributed by atoms with Crippen molar-refractivity contribution in [2.75, 3.05) is 14.2 Å². The Balaban J connectivity index is 0.000000425. The Morgan fingerprint density at radius 1 is 1.12 bits per heavy atom. The number of aromatic nitrogens is 4. The fourth-order valence-corrected chi connectivity index (χ4v) is 1.67. The Bertz CT molecular complexity index is 669. The van der Waals surface area contributed by atoms with Crippen LogP contribution in [0.4, 0.5) is 0 Å². The van der Waals surface area contributed by atoms with Crippen LogP contribution >= 0.6 is 11.6 Å². The van der Waals surface area contributed by atoms with E-state index < -0.39 is 11.9 Å². The number of carboxylic acid groups (broad SMARTS) is 2. The molecule has 11 heteroatoms. The van der Waals surface area contributed by atoms with E-state index in [1.54, 1.807) is 0 Å². The molecule has 10 nitrogen and oxygen atoms in total. The number of hydrogen-bond acceptors (Lipinski definition) is 6. The van der Waals surface area contributed by atoms with Crippen molar-refractivity contribution >= 4 is 23.5 Å².